The number of aromatic nitrogens is 2. The molecule has 0 aliphatic carbocycles. The van der Waals surface area contributed by atoms with Crippen LogP contribution in [0.5, 0.6) is 5.75 Å². The van der Waals surface area contributed by atoms with Gasteiger partial charge in [0.25, 0.3) is 5.91 Å². The molecule has 196 valence electrons. The molecule has 0 saturated carbocycles. The highest BCUT2D eigenvalue weighted by Gasteiger charge is 2.41. The van der Waals surface area contributed by atoms with Gasteiger partial charge in [-0.1, -0.05) is 48.0 Å². The summed E-state index contributed by atoms with van der Waals surface area (Å²) in [5, 5.41) is 5.04. The molecule has 2 heterocycles. The SMILES string of the molecule is CCn1cc(C(=O)N2CCC[C@](COc3cccc(Cl)c3)(CC(=O)N(C)Cc3ccccc3)C2)c(C)n1. The number of hydrogen-bond acceptors (Lipinski definition) is 4. The smallest absolute Gasteiger partial charge is 0.257 e. The summed E-state index contributed by atoms with van der Waals surface area (Å²) >= 11 is 6.16. The predicted octanol–water partition coefficient (Wildman–Crippen LogP) is 5.21. The van der Waals surface area contributed by atoms with Gasteiger partial charge in [-0.15, -0.1) is 0 Å². The quantitative estimate of drug-likeness (QED) is 0.386. The maximum atomic E-state index is 13.5. The Morgan fingerprint density at radius 3 is 2.65 bits per heavy atom. The summed E-state index contributed by atoms with van der Waals surface area (Å²) in [5.74, 6) is 0.637. The number of halogens is 1. The van der Waals surface area contributed by atoms with Crippen LogP contribution in [0.15, 0.2) is 60.8 Å². The lowest BCUT2D eigenvalue weighted by atomic mass is 9.77. The van der Waals surface area contributed by atoms with Gasteiger partial charge in [0.15, 0.2) is 0 Å². The van der Waals surface area contributed by atoms with Crippen molar-refractivity contribution in [2.24, 2.45) is 5.41 Å². The fourth-order valence-corrected chi connectivity index (χ4v) is 5.13. The summed E-state index contributed by atoms with van der Waals surface area (Å²) in [4.78, 5) is 30.6. The Labute approximate surface area is 224 Å². The Morgan fingerprint density at radius 2 is 1.95 bits per heavy atom. The van der Waals surface area contributed by atoms with E-state index in [-0.39, 0.29) is 18.2 Å². The van der Waals surface area contributed by atoms with Gasteiger partial charge in [0.2, 0.25) is 5.91 Å². The van der Waals surface area contributed by atoms with E-state index in [1.54, 1.807) is 21.7 Å². The van der Waals surface area contributed by atoms with Crippen LogP contribution in [-0.4, -0.2) is 58.1 Å². The second kappa shape index (κ2) is 11.8. The zero-order valence-corrected chi connectivity index (χ0v) is 22.6. The number of ether oxygens (including phenoxy) is 1. The lowest BCUT2D eigenvalue weighted by Gasteiger charge is -2.42. The number of rotatable bonds is 9. The third-order valence-electron chi connectivity index (χ3n) is 7.01. The van der Waals surface area contributed by atoms with Crippen molar-refractivity contribution in [3.63, 3.8) is 0 Å². The standard InChI is InChI=1S/C29H35ClN4O3/c1-4-34-19-26(22(2)31-34)28(36)33-15-9-14-29(20-33,21-37-25-13-8-12-24(30)16-25)17-27(35)32(3)18-23-10-6-5-7-11-23/h5-8,10-13,16,19H,4,9,14-15,17-18,20-21H2,1-3H3/t29-/m0/s1. The minimum atomic E-state index is -0.521. The first kappa shape index (κ1) is 26.7. The lowest BCUT2D eigenvalue weighted by Crippen LogP contribution is -2.50. The largest absolute Gasteiger partial charge is 0.493 e. The van der Waals surface area contributed by atoms with Crippen molar-refractivity contribution >= 4 is 23.4 Å². The first-order valence-electron chi connectivity index (χ1n) is 12.8. The van der Waals surface area contributed by atoms with Gasteiger partial charge in [0.1, 0.15) is 5.75 Å². The van der Waals surface area contributed by atoms with Crippen molar-refractivity contribution in [2.75, 3.05) is 26.7 Å². The van der Waals surface area contributed by atoms with E-state index in [0.717, 1.165) is 24.1 Å². The second-order valence-electron chi connectivity index (χ2n) is 9.97. The van der Waals surface area contributed by atoms with Crippen LogP contribution in [0, 0.1) is 12.3 Å². The fourth-order valence-electron chi connectivity index (χ4n) is 4.95. The summed E-state index contributed by atoms with van der Waals surface area (Å²) in [6.45, 7) is 6.49. The van der Waals surface area contributed by atoms with Gasteiger partial charge >= 0.3 is 0 Å². The molecule has 1 fully saturated rings. The molecule has 0 radical (unpaired) electrons. The molecule has 1 aliphatic heterocycles. The number of piperidine rings is 1. The number of hydrogen-bond donors (Lipinski definition) is 0. The van der Waals surface area contributed by atoms with Crippen LogP contribution < -0.4 is 4.74 Å². The number of amides is 2. The predicted molar refractivity (Wildman–Crippen MR) is 145 cm³/mol. The van der Waals surface area contributed by atoms with Crippen LogP contribution in [0.4, 0.5) is 0 Å². The van der Waals surface area contributed by atoms with Gasteiger partial charge in [0, 0.05) is 56.3 Å². The van der Waals surface area contributed by atoms with E-state index in [4.69, 9.17) is 16.3 Å². The van der Waals surface area contributed by atoms with Crippen LogP contribution in [0.2, 0.25) is 5.02 Å². The fraction of sp³-hybridized carbons (Fsp3) is 0.414. The minimum Gasteiger partial charge on any atom is -0.493 e. The Kier molecular flexibility index (Phi) is 8.54. The third kappa shape index (κ3) is 6.72. The van der Waals surface area contributed by atoms with E-state index in [2.05, 4.69) is 5.10 Å². The molecule has 2 aromatic carbocycles. The van der Waals surface area contributed by atoms with Crippen LogP contribution in [-0.2, 0) is 17.9 Å². The molecule has 0 unspecified atom stereocenters. The van der Waals surface area contributed by atoms with Crippen LogP contribution in [0.1, 0.15) is 47.8 Å². The Balaban J connectivity index is 1.54. The molecule has 2 amide bonds. The number of nitrogens with zero attached hydrogens (tertiary/aromatic N) is 4. The number of benzene rings is 2. The Hall–Kier alpha value is -3.32. The number of likely N-dealkylation sites (tertiary alicyclic amines) is 1. The number of carbonyl (C=O) groups excluding carboxylic acids is 2. The highest BCUT2D eigenvalue weighted by atomic mass is 35.5. The minimum absolute atomic E-state index is 0.0304. The zero-order chi connectivity index (χ0) is 26.4. The summed E-state index contributed by atoms with van der Waals surface area (Å²) in [5.41, 5.74) is 1.89. The van der Waals surface area contributed by atoms with Crippen molar-refractivity contribution in [2.45, 2.75) is 46.2 Å². The van der Waals surface area contributed by atoms with E-state index in [0.29, 0.717) is 49.1 Å². The van der Waals surface area contributed by atoms with Gasteiger partial charge in [-0.3, -0.25) is 14.3 Å². The van der Waals surface area contributed by atoms with E-state index < -0.39 is 5.41 Å². The Bertz CT molecular complexity index is 1230. The van der Waals surface area contributed by atoms with Gasteiger partial charge < -0.3 is 14.5 Å². The first-order chi connectivity index (χ1) is 17.8. The van der Waals surface area contributed by atoms with E-state index in [9.17, 15) is 9.59 Å². The summed E-state index contributed by atoms with van der Waals surface area (Å²) in [6, 6.07) is 17.2. The molecular weight excluding hydrogens is 488 g/mol. The second-order valence-corrected chi connectivity index (χ2v) is 10.4. The van der Waals surface area contributed by atoms with E-state index in [1.807, 2.05) is 74.5 Å². The average molecular weight is 523 g/mol. The maximum absolute atomic E-state index is 13.5. The monoisotopic (exact) mass is 522 g/mol. The molecule has 1 saturated heterocycles. The van der Waals surface area contributed by atoms with Crippen molar-refractivity contribution in [3.8, 4) is 5.75 Å². The topological polar surface area (TPSA) is 67.7 Å². The molecule has 0 spiro atoms. The summed E-state index contributed by atoms with van der Waals surface area (Å²) < 4.78 is 7.98. The summed E-state index contributed by atoms with van der Waals surface area (Å²) in [6.07, 6.45) is 3.68. The lowest BCUT2D eigenvalue weighted by molar-refractivity contribution is -0.134. The van der Waals surface area contributed by atoms with E-state index >= 15 is 0 Å². The molecule has 37 heavy (non-hydrogen) atoms. The summed E-state index contributed by atoms with van der Waals surface area (Å²) in [7, 11) is 1.83. The van der Waals surface area contributed by atoms with Crippen molar-refractivity contribution < 1.29 is 14.3 Å². The first-order valence-corrected chi connectivity index (χ1v) is 13.2. The highest BCUT2D eigenvalue weighted by Crippen LogP contribution is 2.36. The molecule has 0 N–H and O–H groups in total. The van der Waals surface area contributed by atoms with Gasteiger partial charge in [-0.25, -0.2) is 0 Å². The molecule has 1 aromatic heterocycles. The van der Waals surface area contributed by atoms with Crippen LogP contribution >= 0.6 is 11.6 Å². The molecular formula is C29H35ClN4O3. The van der Waals surface area contributed by atoms with Crippen LogP contribution in [0.3, 0.4) is 0 Å². The third-order valence-corrected chi connectivity index (χ3v) is 7.24. The molecule has 0 bridgehead atoms. The molecule has 1 aliphatic rings. The van der Waals surface area contributed by atoms with E-state index in [1.165, 1.54) is 0 Å². The van der Waals surface area contributed by atoms with Crippen LogP contribution in [0.25, 0.3) is 0 Å². The maximum Gasteiger partial charge on any atom is 0.257 e. The van der Waals surface area contributed by atoms with Crippen molar-refractivity contribution in [3.05, 3.63) is 82.6 Å². The normalized spacial score (nSPS) is 17.5. The Morgan fingerprint density at radius 1 is 1.16 bits per heavy atom. The van der Waals surface area contributed by atoms with Gasteiger partial charge in [-0.05, 0) is 50.5 Å². The number of aryl methyl sites for hydroxylation is 2. The average Bonchev–Trinajstić information content (AvgIpc) is 3.28. The molecule has 3 aromatic rings. The molecule has 8 heteroatoms. The van der Waals surface area contributed by atoms with Gasteiger partial charge in [-0.2, -0.15) is 5.10 Å². The number of carbonyl (C=O) groups is 2. The molecule has 4 rings (SSSR count). The molecule has 7 nitrogen and oxygen atoms in total. The van der Waals surface area contributed by atoms with Crippen molar-refractivity contribution in [1.82, 2.24) is 19.6 Å². The van der Waals surface area contributed by atoms with Crippen molar-refractivity contribution in [1.29, 1.82) is 0 Å². The highest BCUT2D eigenvalue weighted by molar-refractivity contribution is 6.30. The van der Waals surface area contributed by atoms with Gasteiger partial charge in [0.05, 0.1) is 17.9 Å². The molecule has 1 atom stereocenters. The zero-order valence-electron chi connectivity index (χ0n) is 21.8.